The van der Waals surface area contributed by atoms with Crippen molar-refractivity contribution in [2.45, 2.75) is 31.5 Å². The van der Waals surface area contributed by atoms with Gasteiger partial charge in [-0.15, -0.1) is 5.10 Å². The van der Waals surface area contributed by atoms with Crippen molar-refractivity contribution in [2.75, 3.05) is 30.2 Å². The molecule has 3 aliphatic heterocycles. The number of phosphoric ester groups is 1. The van der Waals surface area contributed by atoms with Gasteiger partial charge in [0.25, 0.3) is 15.6 Å². The minimum atomic E-state index is -6.14. The molecule has 1 aromatic rings. The maximum Gasteiger partial charge on any atom is 0.278 e. The molecule has 7 unspecified atom stereocenters. The average Bonchev–Trinajstić information content (AvgIpc) is 3.21. The number of hydrogen-bond acceptors (Lipinski definition) is 18. The minimum absolute atomic E-state index is 0.163. The first-order chi connectivity index (χ1) is 16.1. The van der Waals surface area contributed by atoms with Crippen LogP contribution in [0, 0.1) is 0 Å². The molecule has 196 valence electrons. The Morgan fingerprint density at radius 1 is 1.11 bits per heavy atom. The van der Waals surface area contributed by atoms with E-state index in [1.165, 1.54) is 11.2 Å². The number of quaternary nitrogens is 1. The molecule has 4 heterocycles. The number of aliphatic hydroxyl groups excluding tert-OH is 2. The minimum Gasteiger partial charge on any atom is -0.790 e. The van der Waals surface area contributed by atoms with Crippen molar-refractivity contribution in [1.29, 1.82) is 0 Å². The Kier molecular flexibility index (Phi) is 6.98. The number of hydrazone groups is 1. The summed E-state index contributed by atoms with van der Waals surface area (Å²) in [6.45, 7) is 0.878. The van der Waals surface area contributed by atoms with Gasteiger partial charge < -0.3 is 43.6 Å². The Labute approximate surface area is 196 Å². The van der Waals surface area contributed by atoms with Crippen LogP contribution in [0.1, 0.15) is 6.92 Å². The van der Waals surface area contributed by atoms with Gasteiger partial charge in [-0.2, -0.15) is 0 Å². The number of hydrogen-bond donors (Lipinski definition) is 3. The summed E-state index contributed by atoms with van der Waals surface area (Å²) in [6, 6.07) is 0. The zero-order valence-electron chi connectivity index (χ0n) is 17.8. The lowest BCUT2D eigenvalue weighted by Crippen LogP contribution is -3.10. The second kappa shape index (κ2) is 9.16. The fraction of sp³-hybridized carbons (Fsp3) is 0.615. The highest BCUT2D eigenvalue weighted by molar-refractivity contribution is 7.64. The van der Waals surface area contributed by atoms with Crippen LogP contribution in [0.4, 0.5) is 17.3 Å². The van der Waals surface area contributed by atoms with Gasteiger partial charge in [0.15, 0.2) is 12.9 Å². The van der Waals surface area contributed by atoms with Crippen LogP contribution in [-0.2, 0) is 31.6 Å². The molecule has 0 aliphatic carbocycles. The molecule has 0 saturated carbocycles. The third kappa shape index (κ3) is 5.49. The van der Waals surface area contributed by atoms with Crippen molar-refractivity contribution in [3.63, 3.8) is 0 Å². The summed E-state index contributed by atoms with van der Waals surface area (Å²) in [6.07, 6.45) is -4.75. The van der Waals surface area contributed by atoms with Gasteiger partial charge >= 0.3 is 0 Å². The molecule has 0 spiro atoms. The fourth-order valence-corrected chi connectivity index (χ4v) is 6.70. The predicted octanol–water partition coefficient (Wildman–Crippen LogP) is -5.18. The molecule has 0 amide bonds. The summed E-state index contributed by atoms with van der Waals surface area (Å²) in [5.74, 6) is 1.52. The highest BCUT2D eigenvalue weighted by Gasteiger charge is 2.52. The molecule has 0 bridgehead atoms. The molecule has 19 nitrogen and oxygen atoms in total. The Hall–Kier alpha value is -1.40. The van der Waals surface area contributed by atoms with E-state index >= 15 is 0 Å². The lowest BCUT2D eigenvalue weighted by atomic mass is 10.1. The van der Waals surface area contributed by atoms with E-state index < -0.39 is 54.6 Å². The summed E-state index contributed by atoms with van der Waals surface area (Å²) in [5, 5.41) is 26.8. The molecule has 7 atom stereocenters. The third-order valence-corrected chi connectivity index (χ3v) is 8.86. The SMILES string of the molecule is CC1=NN(C)c2ncnc3c2[NH+]1CN3C1OC(COP(=O)([O-])OP(=O)([O-])OP(=O)([O-])[O-])C(O)C1O. The van der Waals surface area contributed by atoms with E-state index in [0.29, 0.717) is 23.2 Å². The van der Waals surface area contributed by atoms with Gasteiger partial charge in [0, 0.05) is 14.0 Å². The second-order valence-electron chi connectivity index (χ2n) is 7.56. The molecule has 0 aromatic carbocycles. The van der Waals surface area contributed by atoms with E-state index in [2.05, 4.69) is 28.2 Å². The zero-order valence-corrected chi connectivity index (χ0v) is 20.4. The van der Waals surface area contributed by atoms with Crippen LogP contribution in [0.2, 0.25) is 0 Å². The van der Waals surface area contributed by atoms with E-state index in [1.54, 1.807) is 19.0 Å². The van der Waals surface area contributed by atoms with E-state index in [0.717, 1.165) is 4.90 Å². The van der Waals surface area contributed by atoms with Crippen molar-refractivity contribution >= 4 is 46.6 Å². The number of nitrogens with zero attached hydrogens (tertiary/aromatic N) is 5. The van der Waals surface area contributed by atoms with Gasteiger partial charge in [0.1, 0.15) is 24.6 Å². The third-order valence-electron chi connectivity index (χ3n) is 5.19. The van der Waals surface area contributed by atoms with Crippen LogP contribution in [0.15, 0.2) is 11.4 Å². The van der Waals surface area contributed by atoms with Crippen LogP contribution in [0.3, 0.4) is 0 Å². The predicted molar refractivity (Wildman–Crippen MR) is 103 cm³/mol. The van der Waals surface area contributed by atoms with Crippen LogP contribution in [0.5, 0.6) is 0 Å². The van der Waals surface area contributed by atoms with Crippen molar-refractivity contribution in [1.82, 2.24) is 9.97 Å². The van der Waals surface area contributed by atoms with Crippen LogP contribution >= 0.6 is 23.5 Å². The van der Waals surface area contributed by atoms with Crippen molar-refractivity contribution < 1.29 is 66.3 Å². The Bertz CT molecular complexity index is 1180. The number of amidine groups is 1. The maximum atomic E-state index is 11.8. The summed E-state index contributed by atoms with van der Waals surface area (Å²) in [4.78, 5) is 54.5. The molecule has 22 heteroatoms. The highest BCUT2D eigenvalue weighted by Crippen LogP contribution is 2.60. The summed E-state index contributed by atoms with van der Waals surface area (Å²) in [7, 11) is -16.4. The number of aliphatic hydroxyl groups is 2. The standard InChI is InChI=1S/C13H21N6O13P3/c1-6-16-17(2)11-8-12(15-4-14-11)19(5-18(6)8)13-10(21)9(20)7(30-13)3-29-34(25,26)32-35(27,28)31-33(22,23)24/h4,7,9-10,13,20-21H,3,5H2,1-2H3,(H,25,26)(H,27,28)(H2,22,23,24)/p-3. The van der Waals surface area contributed by atoms with E-state index in [-0.39, 0.29) is 6.67 Å². The van der Waals surface area contributed by atoms with Crippen LogP contribution < -0.4 is 34.4 Å². The van der Waals surface area contributed by atoms with Gasteiger partial charge in [0.05, 0.1) is 14.4 Å². The van der Waals surface area contributed by atoms with Crippen molar-refractivity contribution in [3.05, 3.63) is 6.33 Å². The van der Waals surface area contributed by atoms with Gasteiger partial charge in [-0.25, -0.2) is 24.2 Å². The highest BCUT2D eigenvalue weighted by atomic mass is 31.3. The molecule has 1 aromatic heterocycles. The van der Waals surface area contributed by atoms with E-state index in [9.17, 15) is 43.5 Å². The topological polar surface area (TPSA) is 270 Å². The van der Waals surface area contributed by atoms with Crippen molar-refractivity contribution in [3.8, 4) is 0 Å². The molecule has 1 fully saturated rings. The molecular formula is C13H18N6O13P3-3. The molecule has 1 saturated heterocycles. The lowest BCUT2D eigenvalue weighted by molar-refractivity contribution is -0.725. The first kappa shape index (κ1) is 26.7. The lowest BCUT2D eigenvalue weighted by Gasteiger charge is -2.37. The Morgan fingerprint density at radius 2 is 1.77 bits per heavy atom. The maximum absolute atomic E-state index is 11.8. The van der Waals surface area contributed by atoms with Crippen LogP contribution in [0.25, 0.3) is 0 Å². The van der Waals surface area contributed by atoms with Crippen LogP contribution in [-0.4, -0.2) is 70.9 Å². The number of ether oxygens (including phenoxy) is 1. The molecule has 3 aliphatic rings. The number of rotatable bonds is 8. The zero-order chi connectivity index (χ0) is 25.9. The summed E-state index contributed by atoms with van der Waals surface area (Å²) < 4.78 is 49.9. The number of nitrogens with one attached hydrogen (secondary N) is 1. The van der Waals surface area contributed by atoms with Gasteiger partial charge in [0.2, 0.25) is 23.2 Å². The first-order valence-corrected chi connectivity index (χ1v) is 14.0. The molecular weight excluding hydrogens is 541 g/mol. The molecule has 3 N–H and O–H groups in total. The van der Waals surface area contributed by atoms with E-state index in [4.69, 9.17) is 4.74 Å². The smallest absolute Gasteiger partial charge is 0.278 e. The number of anilines is 2. The largest absolute Gasteiger partial charge is 0.790 e. The molecule has 4 rings (SSSR count). The quantitative estimate of drug-likeness (QED) is 0.251. The molecule has 35 heavy (non-hydrogen) atoms. The second-order valence-corrected chi connectivity index (χ2v) is 11.8. The van der Waals surface area contributed by atoms with Gasteiger partial charge in [-0.3, -0.25) is 18.3 Å². The van der Waals surface area contributed by atoms with Crippen molar-refractivity contribution in [2.24, 2.45) is 5.10 Å². The fourth-order valence-electron chi connectivity index (χ4n) is 3.84. The Balaban J connectivity index is 1.46. The number of phosphoric acid groups is 3. The summed E-state index contributed by atoms with van der Waals surface area (Å²) >= 11 is 0. The molecule has 0 radical (unpaired) electrons. The van der Waals surface area contributed by atoms with E-state index in [1.807, 2.05) is 0 Å². The summed E-state index contributed by atoms with van der Waals surface area (Å²) in [5.41, 5.74) is 0.644. The van der Waals surface area contributed by atoms with Gasteiger partial charge in [-0.05, 0) is 0 Å². The number of aromatic nitrogens is 2. The van der Waals surface area contributed by atoms with Gasteiger partial charge in [-0.1, -0.05) is 0 Å². The average molecular weight is 559 g/mol. The normalized spacial score (nSPS) is 31.7. The Morgan fingerprint density at radius 3 is 2.43 bits per heavy atom. The first-order valence-electron chi connectivity index (χ1n) is 9.59. The monoisotopic (exact) mass is 559 g/mol.